The Morgan fingerprint density at radius 3 is 2.36 bits per heavy atom. The number of benzene rings is 3. The fraction of sp³-hybridized carbons (Fsp3) is 0.143. The van der Waals surface area contributed by atoms with Crippen LogP contribution in [0.5, 0.6) is 0 Å². The van der Waals surface area contributed by atoms with Gasteiger partial charge in [0.25, 0.3) is 0 Å². The number of carbonyl (C=O) groups excluding carboxylic acids is 1. The number of aromatic nitrogens is 2. The van der Waals surface area contributed by atoms with E-state index in [-0.39, 0.29) is 11.8 Å². The van der Waals surface area contributed by atoms with Crippen molar-refractivity contribution in [3.05, 3.63) is 107 Å². The molecule has 0 aliphatic carbocycles. The summed E-state index contributed by atoms with van der Waals surface area (Å²) in [7, 11) is 0. The molecule has 0 atom stereocenters. The molecule has 33 heavy (non-hydrogen) atoms. The van der Waals surface area contributed by atoms with Gasteiger partial charge in [-0.2, -0.15) is 5.10 Å². The van der Waals surface area contributed by atoms with E-state index in [9.17, 15) is 9.18 Å². The summed E-state index contributed by atoms with van der Waals surface area (Å²) >= 11 is 0. The van der Waals surface area contributed by atoms with Gasteiger partial charge in [-0.1, -0.05) is 49.4 Å². The van der Waals surface area contributed by atoms with Crippen molar-refractivity contribution in [2.24, 2.45) is 0 Å². The van der Waals surface area contributed by atoms with Gasteiger partial charge in [-0.25, -0.2) is 9.18 Å². The van der Waals surface area contributed by atoms with E-state index in [1.54, 1.807) is 13.0 Å². The maximum absolute atomic E-state index is 13.6. The van der Waals surface area contributed by atoms with Gasteiger partial charge >= 0.3 is 5.97 Å². The summed E-state index contributed by atoms with van der Waals surface area (Å²) in [4.78, 5) is 11.6. The second kappa shape index (κ2) is 10.1. The Morgan fingerprint density at radius 1 is 0.970 bits per heavy atom. The monoisotopic (exact) mass is 440 g/mol. The Hall–Kier alpha value is -3.99. The molecule has 0 saturated carbocycles. The average Bonchev–Trinajstić information content (AvgIpc) is 3.30. The molecule has 0 aliphatic rings. The van der Waals surface area contributed by atoms with E-state index in [4.69, 9.17) is 4.74 Å². The molecule has 0 radical (unpaired) electrons. The van der Waals surface area contributed by atoms with Crippen molar-refractivity contribution >= 4 is 34.1 Å². The van der Waals surface area contributed by atoms with Crippen molar-refractivity contribution in [2.45, 2.75) is 20.3 Å². The van der Waals surface area contributed by atoms with Crippen molar-refractivity contribution < 1.29 is 13.9 Å². The molecule has 0 bridgehead atoms. The zero-order valence-corrected chi connectivity index (χ0v) is 18.6. The van der Waals surface area contributed by atoms with Gasteiger partial charge < -0.3 is 4.74 Å². The third-order valence-corrected chi connectivity index (χ3v) is 5.47. The first-order valence-electron chi connectivity index (χ1n) is 11.0. The number of nitrogens with zero attached hydrogens (tertiary/aromatic N) is 1. The van der Waals surface area contributed by atoms with E-state index < -0.39 is 0 Å². The van der Waals surface area contributed by atoms with Crippen molar-refractivity contribution in [1.29, 1.82) is 0 Å². The highest BCUT2D eigenvalue weighted by molar-refractivity contribution is 6.00. The van der Waals surface area contributed by atoms with Crippen molar-refractivity contribution in [3.63, 3.8) is 0 Å². The molecular formula is C28H25FN2O2. The Balaban J connectivity index is 1.82. The molecule has 0 spiro atoms. The van der Waals surface area contributed by atoms with Crippen LogP contribution in [0.3, 0.4) is 0 Å². The van der Waals surface area contributed by atoms with E-state index in [1.165, 1.54) is 18.2 Å². The lowest BCUT2D eigenvalue weighted by molar-refractivity contribution is -0.137. The first-order chi connectivity index (χ1) is 16.1. The van der Waals surface area contributed by atoms with Crippen molar-refractivity contribution in [3.8, 4) is 0 Å². The summed E-state index contributed by atoms with van der Waals surface area (Å²) in [5.41, 5.74) is 7.13. The quantitative estimate of drug-likeness (QED) is 0.199. The van der Waals surface area contributed by atoms with E-state index in [0.717, 1.165) is 50.7 Å². The summed E-state index contributed by atoms with van der Waals surface area (Å²) in [6, 6.07) is 20.9. The Morgan fingerprint density at radius 2 is 1.67 bits per heavy atom. The minimum atomic E-state index is -0.361. The summed E-state index contributed by atoms with van der Waals surface area (Å²) in [6.07, 6.45) is 5.75. The van der Waals surface area contributed by atoms with Crippen LogP contribution in [0.15, 0.2) is 79.0 Å². The van der Waals surface area contributed by atoms with Gasteiger partial charge in [0.2, 0.25) is 0 Å². The van der Waals surface area contributed by atoms with Crippen molar-refractivity contribution in [1.82, 2.24) is 10.2 Å². The Labute approximate surface area is 192 Å². The molecule has 4 nitrogen and oxygen atoms in total. The molecule has 0 unspecified atom stereocenters. The van der Waals surface area contributed by atoms with Crippen LogP contribution in [0.2, 0.25) is 0 Å². The molecule has 0 amide bonds. The van der Waals surface area contributed by atoms with Crippen LogP contribution in [-0.4, -0.2) is 22.8 Å². The lowest BCUT2D eigenvalue weighted by Crippen LogP contribution is -1.98. The number of fused-ring (bicyclic) bond motifs is 1. The first-order valence-corrected chi connectivity index (χ1v) is 11.0. The van der Waals surface area contributed by atoms with Crippen LogP contribution in [0.4, 0.5) is 4.39 Å². The molecule has 4 aromatic rings. The molecule has 1 heterocycles. The molecule has 0 saturated heterocycles. The number of aromatic amines is 1. The Bertz CT molecular complexity index is 1320. The van der Waals surface area contributed by atoms with Gasteiger partial charge in [-0.15, -0.1) is 0 Å². The van der Waals surface area contributed by atoms with E-state index in [2.05, 4.69) is 29.3 Å². The molecule has 0 aliphatic heterocycles. The van der Waals surface area contributed by atoms with Gasteiger partial charge in [-0.3, -0.25) is 5.10 Å². The number of carbonyl (C=O) groups is 1. The normalized spacial score (nSPS) is 12.2. The fourth-order valence-electron chi connectivity index (χ4n) is 3.91. The number of H-pyrrole nitrogens is 1. The van der Waals surface area contributed by atoms with Crippen LogP contribution < -0.4 is 0 Å². The van der Waals surface area contributed by atoms with Crippen LogP contribution in [-0.2, 0) is 9.53 Å². The predicted octanol–water partition coefficient (Wildman–Crippen LogP) is 6.65. The Kier molecular flexibility index (Phi) is 6.79. The van der Waals surface area contributed by atoms with E-state index in [0.29, 0.717) is 6.61 Å². The summed E-state index contributed by atoms with van der Waals surface area (Å²) in [6.45, 7) is 4.23. The van der Waals surface area contributed by atoms with Crippen LogP contribution >= 0.6 is 0 Å². The van der Waals surface area contributed by atoms with Gasteiger partial charge in [-0.05, 0) is 77.1 Å². The van der Waals surface area contributed by atoms with Crippen molar-refractivity contribution in [2.75, 3.05) is 6.61 Å². The number of hydrogen-bond acceptors (Lipinski definition) is 3. The smallest absolute Gasteiger partial charge is 0.330 e. The number of ether oxygens (including phenoxy) is 1. The van der Waals surface area contributed by atoms with E-state index >= 15 is 0 Å². The third-order valence-electron chi connectivity index (χ3n) is 5.47. The predicted molar refractivity (Wildman–Crippen MR) is 131 cm³/mol. The summed E-state index contributed by atoms with van der Waals surface area (Å²) < 4.78 is 18.5. The van der Waals surface area contributed by atoms with Gasteiger partial charge in [0, 0.05) is 11.5 Å². The first kappa shape index (κ1) is 22.2. The maximum Gasteiger partial charge on any atom is 0.330 e. The minimum Gasteiger partial charge on any atom is -0.463 e. The fourth-order valence-corrected chi connectivity index (χ4v) is 3.91. The van der Waals surface area contributed by atoms with Crippen LogP contribution in [0.1, 0.15) is 42.5 Å². The minimum absolute atomic E-state index is 0.256. The molecule has 4 rings (SSSR count). The van der Waals surface area contributed by atoms with Gasteiger partial charge in [0.15, 0.2) is 0 Å². The molecule has 166 valence electrons. The highest BCUT2D eigenvalue weighted by atomic mass is 19.1. The zero-order valence-electron chi connectivity index (χ0n) is 18.6. The highest BCUT2D eigenvalue weighted by Crippen LogP contribution is 2.35. The number of halogens is 1. The molecule has 5 heteroatoms. The van der Waals surface area contributed by atoms with Gasteiger partial charge in [0.1, 0.15) is 5.82 Å². The lowest BCUT2D eigenvalue weighted by Gasteiger charge is -2.17. The maximum atomic E-state index is 13.6. The average molecular weight is 441 g/mol. The van der Waals surface area contributed by atoms with Gasteiger partial charge in [0.05, 0.1) is 18.3 Å². The largest absolute Gasteiger partial charge is 0.463 e. The SMILES string of the molecule is CCOC(=O)/C=C/c1ccc(/C(=C(/CC)c2ccc(F)cc2)c2ccc3[nH]ncc3c2)cc1. The third kappa shape index (κ3) is 5.09. The molecule has 1 aromatic heterocycles. The number of esters is 1. The van der Waals surface area contributed by atoms with Crippen LogP contribution in [0, 0.1) is 5.82 Å². The summed E-state index contributed by atoms with van der Waals surface area (Å²) in [5, 5.41) is 8.15. The topological polar surface area (TPSA) is 55.0 Å². The lowest BCUT2D eigenvalue weighted by atomic mass is 9.87. The number of rotatable bonds is 7. The number of nitrogens with one attached hydrogen (secondary N) is 1. The molecule has 0 fully saturated rings. The van der Waals surface area contributed by atoms with Crippen LogP contribution in [0.25, 0.3) is 28.1 Å². The number of allylic oxidation sites excluding steroid dienone is 1. The standard InChI is InChI=1S/C28H25FN2O2/c1-3-25(20-10-13-24(29)14-11-20)28(22-12-15-26-23(17-22)18-30-31-26)21-8-5-19(6-9-21)7-16-27(32)33-4-2/h5-18H,3-4H2,1-2H3,(H,30,31)/b16-7+,28-25+. The molecular weight excluding hydrogens is 415 g/mol. The zero-order chi connectivity index (χ0) is 23.2. The second-order valence-electron chi connectivity index (χ2n) is 7.59. The number of hydrogen-bond donors (Lipinski definition) is 1. The molecule has 1 N–H and O–H groups in total. The molecule has 3 aromatic carbocycles. The second-order valence-corrected chi connectivity index (χ2v) is 7.59. The van der Waals surface area contributed by atoms with E-state index in [1.807, 2.05) is 48.7 Å². The highest BCUT2D eigenvalue weighted by Gasteiger charge is 2.14. The summed E-state index contributed by atoms with van der Waals surface area (Å²) in [5.74, 6) is -0.617.